The number of piperidine rings is 1. The Morgan fingerprint density at radius 3 is 2.63 bits per heavy atom. The molecule has 4 rings (SSSR count). The predicted molar refractivity (Wildman–Crippen MR) is 98.8 cm³/mol. The molecule has 10 heteroatoms. The molecule has 3 heterocycles. The van der Waals surface area contributed by atoms with Crippen molar-refractivity contribution in [3.05, 3.63) is 24.4 Å². The van der Waals surface area contributed by atoms with Crippen LogP contribution in [0.2, 0.25) is 0 Å². The molecule has 30 heavy (non-hydrogen) atoms. The van der Waals surface area contributed by atoms with Crippen molar-refractivity contribution in [3.63, 3.8) is 0 Å². The maximum Gasteiger partial charge on any atom is 0.490 e. The summed E-state index contributed by atoms with van der Waals surface area (Å²) in [5, 5.41) is 7.12. The first-order chi connectivity index (χ1) is 14.2. The molecule has 166 valence electrons. The number of halogens is 3. The molecule has 2 aliphatic heterocycles. The molecule has 1 amide bonds. The second kappa shape index (κ2) is 9.20. The fourth-order valence-electron chi connectivity index (χ4n) is 3.82. The number of aromatic nitrogens is 1. The van der Waals surface area contributed by atoms with E-state index in [0.29, 0.717) is 24.3 Å². The maximum atomic E-state index is 12.5. The fraction of sp³-hybridized carbons (Fsp3) is 0.650. The topological polar surface area (TPSA) is 89.0 Å². The number of alkyl halides is 3. The second-order valence-electron chi connectivity index (χ2n) is 7.98. The summed E-state index contributed by atoms with van der Waals surface area (Å²) in [7, 11) is 0. The molecule has 3 aliphatic rings. The number of likely N-dealkylation sites (tertiary alicyclic amines) is 1. The normalized spacial score (nSPS) is 25.7. The van der Waals surface area contributed by atoms with E-state index in [0.717, 1.165) is 39.0 Å². The number of aliphatic carboxylic acids is 1. The van der Waals surface area contributed by atoms with Crippen molar-refractivity contribution in [1.29, 1.82) is 0 Å². The van der Waals surface area contributed by atoms with E-state index in [2.05, 4.69) is 4.98 Å². The predicted octanol–water partition coefficient (Wildman–Crippen LogP) is 2.90. The first-order valence-electron chi connectivity index (χ1n) is 9.93. The lowest BCUT2D eigenvalue weighted by Gasteiger charge is -2.43. The number of carboxylic acids is 1. The van der Waals surface area contributed by atoms with Crippen LogP contribution in [0.1, 0.15) is 32.1 Å². The Bertz CT molecular complexity index is 742. The average Bonchev–Trinajstić information content (AvgIpc) is 3.42. The Morgan fingerprint density at radius 1 is 1.30 bits per heavy atom. The van der Waals surface area contributed by atoms with E-state index < -0.39 is 12.1 Å². The van der Waals surface area contributed by atoms with Crippen molar-refractivity contribution in [2.45, 2.75) is 44.4 Å². The van der Waals surface area contributed by atoms with Crippen LogP contribution in [0.15, 0.2) is 24.4 Å². The molecule has 2 atom stereocenters. The summed E-state index contributed by atoms with van der Waals surface area (Å²) in [5.41, 5.74) is -0.0744. The largest absolute Gasteiger partial charge is 0.490 e. The molecular weight excluding hydrogens is 405 g/mol. The lowest BCUT2D eigenvalue weighted by molar-refractivity contribution is -0.192. The molecule has 0 bridgehead atoms. The number of ether oxygens (including phenoxy) is 2. The lowest BCUT2D eigenvalue weighted by Crippen LogP contribution is -2.54. The van der Waals surface area contributed by atoms with Crippen LogP contribution in [0, 0.1) is 11.3 Å². The monoisotopic (exact) mass is 430 g/mol. The van der Waals surface area contributed by atoms with Crippen LogP contribution in [-0.2, 0) is 14.3 Å². The van der Waals surface area contributed by atoms with Crippen molar-refractivity contribution < 1.29 is 37.3 Å². The molecule has 0 radical (unpaired) electrons. The third-order valence-corrected chi connectivity index (χ3v) is 5.67. The number of nitrogens with zero attached hydrogens (tertiary/aromatic N) is 2. The van der Waals surface area contributed by atoms with E-state index in [1.807, 2.05) is 23.1 Å². The number of carboxylic acid groups (broad SMARTS) is 1. The van der Waals surface area contributed by atoms with Gasteiger partial charge in [0.15, 0.2) is 0 Å². The number of amides is 1. The zero-order chi connectivity index (χ0) is 21.8. The Kier molecular flexibility index (Phi) is 6.84. The van der Waals surface area contributed by atoms with E-state index in [1.54, 1.807) is 6.20 Å². The zero-order valence-electron chi connectivity index (χ0n) is 16.4. The highest BCUT2D eigenvalue weighted by Crippen LogP contribution is 2.42. The van der Waals surface area contributed by atoms with Crippen LogP contribution < -0.4 is 4.74 Å². The number of hydrogen-bond acceptors (Lipinski definition) is 5. The van der Waals surface area contributed by atoms with Crippen molar-refractivity contribution in [1.82, 2.24) is 9.88 Å². The van der Waals surface area contributed by atoms with Gasteiger partial charge in [-0.3, -0.25) is 4.79 Å². The average molecular weight is 430 g/mol. The SMILES string of the molecule is O=C(CC1CC1)N1CC[C@H]2OCC[C@@]2(COc2ccccn2)C1.O=C(O)C(F)(F)F. The highest BCUT2D eigenvalue weighted by molar-refractivity contribution is 5.77. The van der Waals surface area contributed by atoms with Gasteiger partial charge < -0.3 is 19.5 Å². The molecule has 0 unspecified atom stereocenters. The van der Waals surface area contributed by atoms with Crippen molar-refractivity contribution in [2.75, 3.05) is 26.3 Å². The fourth-order valence-corrected chi connectivity index (χ4v) is 3.82. The first-order valence-corrected chi connectivity index (χ1v) is 9.93. The molecule has 1 aromatic heterocycles. The molecule has 7 nitrogen and oxygen atoms in total. The molecule has 1 aromatic rings. The van der Waals surface area contributed by atoms with E-state index >= 15 is 0 Å². The summed E-state index contributed by atoms with van der Waals surface area (Å²) >= 11 is 0. The summed E-state index contributed by atoms with van der Waals surface area (Å²) in [6.07, 6.45) is 1.90. The number of hydrogen-bond donors (Lipinski definition) is 1. The van der Waals surface area contributed by atoms with E-state index in [1.165, 1.54) is 12.8 Å². The van der Waals surface area contributed by atoms with Gasteiger partial charge in [0, 0.05) is 38.4 Å². The van der Waals surface area contributed by atoms with Gasteiger partial charge in [-0.25, -0.2) is 9.78 Å². The van der Waals surface area contributed by atoms with Crippen LogP contribution in [-0.4, -0.2) is 65.5 Å². The Balaban J connectivity index is 0.000000318. The number of rotatable bonds is 5. The summed E-state index contributed by atoms with van der Waals surface area (Å²) in [6.45, 7) is 2.92. The minimum atomic E-state index is -5.08. The summed E-state index contributed by atoms with van der Waals surface area (Å²) in [4.78, 5) is 27.7. The van der Waals surface area contributed by atoms with Crippen LogP contribution in [0.25, 0.3) is 0 Å². The molecular formula is C20H25F3N2O5. The molecule has 0 aromatic carbocycles. The van der Waals surface area contributed by atoms with E-state index in [9.17, 15) is 18.0 Å². The molecule has 1 aliphatic carbocycles. The van der Waals surface area contributed by atoms with Gasteiger partial charge in [-0.05, 0) is 37.7 Å². The highest BCUT2D eigenvalue weighted by Gasteiger charge is 2.49. The minimum Gasteiger partial charge on any atom is -0.477 e. The number of pyridine rings is 1. The number of carbonyl (C=O) groups is 2. The molecule has 0 spiro atoms. The maximum absolute atomic E-state index is 12.5. The summed E-state index contributed by atoms with van der Waals surface area (Å²) < 4.78 is 43.6. The summed E-state index contributed by atoms with van der Waals surface area (Å²) in [5.74, 6) is -1.16. The molecule has 1 N–H and O–H groups in total. The Hall–Kier alpha value is -2.36. The number of carbonyl (C=O) groups excluding carboxylic acids is 1. The van der Waals surface area contributed by atoms with Gasteiger partial charge >= 0.3 is 12.1 Å². The van der Waals surface area contributed by atoms with Gasteiger partial charge in [0.05, 0.1) is 18.1 Å². The van der Waals surface area contributed by atoms with E-state index in [4.69, 9.17) is 19.4 Å². The van der Waals surface area contributed by atoms with Gasteiger partial charge in [-0.1, -0.05) is 6.07 Å². The number of fused-ring (bicyclic) bond motifs is 1. The van der Waals surface area contributed by atoms with Crippen molar-refractivity contribution in [2.24, 2.45) is 11.3 Å². The Labute approximate surface area is 172 Å². The van der Waals surface area contributed by atoms with Gasteiger partial charge in [-0.15, -0.1) is 0 Å². The smallest absolute Gasteiger partial charge is 0.477 e. The second-order valence-corrected chi connectivity index (χ2v) is 7.98. The molecule has 1 saturated carbocycles. The quantitative estimate of drug-likeness (QED) is 0.773. The molecule has 2 saturated heterocycles. The lowest BCUT2D eigenvalue weighted by atomic mass is 9.77. The Morgan fingerprint density at radius 2 is 2.03 bits per heavy atom. The van der Waals surface area contributed by atoms with Crippen LogP contribution in [0.3, 0.4) is 0 Å². The van der Waals surface area contributed by atoms with Crippen molar-refractivity contribution >= 4 is 11.9 Å². The first kappa shape index (κ1) is 22.3. The highest BCUT2D eigenvalue weighted by atomic mass is 19.4. The standard InChI is InChI=1S/C18H24N2O3.C2HF3O2/c21-17(11-14-4-5-14)20-9-6-15-18(12-20,7-10-22-15)13-23-16-3-1-2-8-19-16;3-2(4,5)1(6)7/h1-3,8,14-15H,4-7,9-13H2;(H,6,7)/t15-,18+;/m1./s1. The summed E-state index contributed by atoms with van der Waals surface area (Å²) in [6, 6.07) is 5.68. The zero-order valence-corrected chi connectivity index (χ0v) is 16.4. The van der Waals surface area contributed by atoms with Crippen LogP contribution in [0.5, 0.6) is 5.88 Å². The third-order valence-electron chi connectivity index (χ3n) is 5.67. The van der Waals surface area contributed by atoms with Gasteiger partial charge in [-0.2, -0.15) is 13.2 Å². The molecule has 3 fully saturated rings. The van der Waals surface area contributed by atoms with Gasteiger partial charge in [0.2, 0.25) is 11.8 Å². The third kappa shape index (κ3) is 5.84. The van der Waals surface area contributed by atoms with Crippen LogP contribution >= 0.6 is 0 Å². The van der Waals surface area contributed by atoms with Gasteiger partial charge in [0.25, 0.3) is 0 Å². The van der Waals surface area contributed by atoms with Crippen LogP contribution in [0.4, 0.5) is 13.2 Å². The minimum absolute atomic E-state index is 0.0744. The van der Waals surface area contributed by atoms with Gasteiger partial charge in [0.1, 0.15) is 0 Å². The van der Waals surface area contributed by atoms with Crippen molar-refractivity contribution in [3.8, 4) is 5.88 Å². The van der Waals surface area contributed by atoms with E-state index in [-0.39, 0.29) is 11.5 Å².